The van der Waals surface area contributed by atoms with Gasteiger partial charge in [-0.15, -0.1) is 0 Å². The fourth-order valence-electron chi connectivity index (χ4n) is 1.91. The number of halogens is 2. The van der Waals surface area contributed by atoms with Gasteiger partial charge >= 0.3 is 0 Å². The number of alkyl halides is 1. The molecule has 0 radical (unpaired) electrons. The fourth-order valence-corrected chi connectivity index (χ4v) is 3.64. The number of hydrogen-bond donors (Lipinski definition) is 0. The van der Waals surface area contributed by atoms with Gasteiger partial charge in [-0.1, -0.05) is 56.1 Å². The van der Waals surface area contributed by atoms with Crippen molar-refractivity contribution < 1.29 is 4.74 Å². The van der Waals surface area contributed by atoms with Crippen molar-refractivity contribution in [1.29, 1.82) is 0 Å². The Morgan fingerprint density at radius 3 is 2.39 bits per heavy atom. The minimum Gasteiger partial charge on any atom is -0.497 e. The van der Waals surface area contributed by atoms with Gasteiger partial charge in [-0.05, 0) is 41.8 Å². The van der Waals surface area contributed by atoms with Gasteiger partial charge in [-0.3, -0.25) is 0 Å². The highest BCUT2D eigenvalue weighted by molar-refractivity contribution is 9.11. The van der Waals surface area contributed by atoms with Crippen LogP contribution in [0.4, 0.5) is 0 Å². The average molecular weight is 370 g/mol. The van der Waals surface area contributed by atoms with E-state index in [-0.39, 0.29) is 4.83 Å². The molecule has 0 heterocycles. The normalized spacial score (nSPS) is 12.2. The zero-order valence-corrected chi connectivity index (χ0v) is 13.5. The van der Waals surface area contributed by atoms with Gasteiger partial charge in [0.15, 0.2) is 0 Å². The third-order valence-electron chi connectivity index (χ3n) is 2.93. The van der Waals surface area contributed by atoms with Gasteiger partial charge in [-0.25, -0.2) is 0 Å². The molecular weight excluding hydrogens is 356 g/mol. The first kappa shape index (κ1) is 13.6. The van der Waals surface area contributed by atoms with E-state index in [0.29, 0.717) is 0 Å². The summed E-state index contributed by atoms with van der Waals surface area (Å²) in [5.74, 6) is 0.892. The van der Waals surface area contributed by atoms with Gasteiger partial charge in [0.25, 0.3) is 0 Å². The van der Waals surface area contributed by atoms with Gasteiger partial charge in [0.2, 0.25) is 0 Å². The van der Waals surface area contributed by atoms with E-state index in [0.717, 1.165) is 10.2 Å². The molecule has 2 aromatic rings. The quantitative estimate of drug-likeness (QED) is 0.671. The molecule has 0 aliphatic rings. The first-order valence-corrected chi connectivity index (χ1v) is 7.37. The van der Waals surface area contributed by atoms with Crippen molar-refractivity contribution in [2.24, 2.45) is 0 Å². The second-order valence-electron chi connectivity index (χ2n) is 4.11. The van der Waals surface area contributed by atoms with Crippen LogP contribution in [0.15, 0.2) is 46.9 Å². The molecule has 3 heteroatoms. The smallest absolute Gasteiger partial charge is 0.119 e. The Morgan fingerprint density at radius 1 is 1.06 bits per heavy atom. The molecule has 0 amide bonds. The zero-order valence-electron chi connectivity index (χ0n) is 10.3. The fraction of sp³-hybridized carbons (Fsp3) is 0.200. The Balaban J connectivity index is 2.40. The van der Waals surface area contributed by atoms with Crippen LogP contribution in [0, 0.1) is 6.92 Å². The second kappa shape index (κ2) is 5.89. The molecule has 0 aromatic heterocycles. The molecule has 0 aliphatic carbocycles. The van der Waals surface area contributed by atoms with Crippen LogP contribution in [-0.4, -0.2) is 7.11 Å². The first-order valence-electron chi connectivity index (χ1n) is 5.66. The number of aryl methyl sites for hydroxylation is 1. The molecule has 2 aromatic carbocycles. The Kier molecular flexibility index (Phi) is 4.46. The Bertz CT molecular complexity index is 552. The van der Waals surface area contributed by atoms with Gasteiger partial charge in [0.1, 0.15) is 5.75 Å². The minimum absolute atomic E-state index is 0.180. The van der Waals surface area contributed by atoms with E-state index in [1.165, 1.54) is 16.7 Å². The van der Waals surface area contributed by atoms with Crippen LogP contribution in [0.3, 0.4) is 0 Å². The molecule has 18 heavy (non-hydrogen) atoms. The number of methoxy groups -OCH3 is 1. The van der Waals surface area contributed by atoms with Crippen LogP contribution in [0.2, 0.25) is 0 Å². The molecule has 0 saturated carbocycles. The van der Waals surface area contributed by atoms with Crippen LogP contribution in [0.1, 0.15) is 21.5 Å². The predicted octanol–water partition coefficient (Wildman–Crippen LogP) is 5.25. The summed E-state index contributed by atoms with van der Waals surface area (Å²) in [6, 6.07) is 14.4. The maximum absolute atomic E-state index is 5.23. The van der Waals surface area contributed by atoms with Crippen LogP contribution >= 0.6 is 31.9 Å². The van der Waals surface area contributed by atoms with Gasteiger partial charge in [-0.2, -0.15) is 0 Å². The molecule has 0 bridgehead atoms. The predicted molar refractivity (Wildman–Crippen MR) is 82.6 cm³/mol. The first-order chi connectivity index (χ1) is 8.63. The van der Waals surface area contributed by atoms with Crippen LogP contribution in [0.5, 0.6) is 5.75 Å². The third-order valence-corrected chi connectivity index (χ3v) is 4.64. The van der Waals surface area contributed by atoms with Gasteiger partial charge in [0.05, 0.1) is 11.9 Å². The van der Waals surface area contributed by atoms with E-state index in [1.54, 1.807) is 7.11 Å². The largest absolute Gasteiger partial charge is 0.497 e. The lowest BCUT2D eigenvalue weighted by Crippen LogP contribution is -1.97. The lowest BCUT2D eigenvalue weighted by molar-refractivity contribution is 0.414. The van der Waals surface area contributed by atoms with Gasteiger partial charge in [0, 0.05) is 4.47 Å². The second-order valence-corrected chi connectivity index (χ2v) is 5.88. The summed E-state index contributed by atoms with van der Waals surface area (Å²) >= 11 is 7.36. The number of rotatable bonds is 3. The van der Waals surface area contributed by atoms with Crippen molar-refractivity contribution in [2.45, 2.75) is 11.8 Å². The minimum atomic E-state index is 0.180. The summed E-state index contributed by atoms with van der Waals surface area (Å²) in [4.78, 5) is 0.180. The van der Waals surface area contributed by atoms with Crippen molar-refractivity contribution in [1.82, 2.24) is 0 Å². The summed E-state index contributed by atoms with van der Waals surface area (Å²) in [7, 11) is 1.69. The zero-order chi connectivity index (χ0) is 13.1. The number of hydrogen-bond acceptors (Lipinski definition) is 1. The monoisotopic (exact) mass is 368 g/mol. The van der Waals surface area contributed by atoms with Crippen molar-refractivity contribution in [3.63, 3.8) is 0 Å². The third kappa shape index (κ3) is 2.78. The van der Waals surface area contributed by atoms with Crippen molar-refractivity contribution in [3.8, 4) is 5.75 Å². The van der Waals surface area contributed by atoms with Crippen molar-refractivity contribution in [2.75, 3.05) is 7.11 Å². The molecule has 94 valence electrons. The van der Waals surface area contributed by atoms with E-state index in [2.05, 4.69) is 63.0 Å². The van der Waals surface area contributed by atoms with E-state index < -0.39 is 0 Å². The standard InChI is InChI=1S/C15H14Br2O/c1-10-9-11(18-2)7-8-12(10)15(17)13-5-3-4-6-14(13)16/h3-9,15H,1-2H3. The average Bonchev–Trinajstić information content (AvgIpc) is 2.38. The number of ether oxygens (including phenoxy) is 1. The topological polar surface area (TPSA) is 9.23 Å². The molecule has 0 saturated heterocycles. The maximum Gasteiger partial charge on any atom is 0.119 e. The SMILES string of the molecule is COc1ccc(C(Br)c2ccccc2Br)c(C)c1. The molecule has 1 atom stereocenters. The molecular formula is C15H14Br2O. The lowest BCUT2D eigenvalue weighted by atomic mass is 10.0. The van der Waals surface area contributed by atoms with Crippen LogP contribution < -0.4 is 4.74 Å². The molecule has 0 fully saturated rings. The van der Waals surface area contributed by atoms with E-state index in [1.807, 2.05) is 18.2 Å². The maximum atomic E-state index is 5.23. The highest BCUT2D eigenvalue weighted by Gasteiger charge is 2.15. The Labute approximate surface area is 124 Å². The molecule has 0 N–H and O–H groups in total. The summed E-state index contributed by atoms with van der Waals surface area (Å²) in [5, 5.41) is 0. The molecule has 0 aliphatic heterocycles. The molecule has 1 nitrogen and oxygen atoms in total. The summed E-state index contributed by atoms with van der Waals surface area (Å²) in [5.41, 5.74) is 3.69. The Morgan fingerprint density at radius 2 is 1.78 bits per heavy atom. The summed E-state index contributed by atoms with van der Waals surface area (Å²) in [6.07, 6.45) is 0. The van der Waals surface area contributed by atoms with Crippen LogP contribution in [-0.2, 0) is 0 Å². The summed E-state index contributed by atoms with van der Waals surface area (Å²) < 4.78 is 6.35. The lowest BCUT2D eigenvalue weighted by Gasteiger charge is -2.16. The molecule has 0 spiro atoms. The molecule has 1 unspecified atom stereocenters. The highest BCUT2D eigenvalue weighted by atomic mass is 79.9. The molecule has 2 rings (SSSR count). The Hall–Kier alpha value is -0.800. The van der Waals surface area contributed by atoms with Crippen molar-refractivity contribution in [3.05, 3.63) is 63.6 Å². The van der Waals surface area contributed by atoms with E-state index >= 15 is 0 Å². The van der Waals surface area contributed by atoms with Gasteiger partial charge < -0.3 is 4.74 Å². The van der Waals surface area contributed by atoms with E-state index in [4.69, 9.17) is 4.74 Å². The highest BCUT2D eigenvalue weighted by Crippen LogP contribution is 2.37. The van der Waals surface area contributed by atoms with Crippen molar-refractivity contribution >= 4 is 31.9 Å². The van der Waals surface area contributed by atoms with Crippen LogP contribution in [0.25, 0.3) is 0 Å². The number of benzene rings is 2. The van der Waals surface area contributed by atoms with E-state index in [9.17, 15) is 0 Å². The summed E-state index contributed by atoms with van der Waals surface area (Å²) in [6.45, 7) is 2.10.